The van der Waals surface area contributed by atoms with Crippen molar-refractivity contribution in [3.8, 4) is 5.75 Å². The van der Waals surface area contributed by atoms with Gasteiger partial charge in [0.25, 0.3) is 0 Å². The molecule has 20 heavy (non-hydrogen) atoms. The van der Waals surface area contributed by atoms with E-state index >= 15 is 0 Å². The smallest absolute Gasteiger partial charge is 0.145 e. The predicted octanol–water partition coefficient (Wildman–Crippen LogP) is 5.33. The van der Waals surface area contributed by atoms with E-state index in [0.717, 1.165) is 5.56 Å². The minimum atomic E-state index is -0.494. The molecule has 0 aliphatic heterocycles. The fraction of sp³-hybridized carbons (Fsp3) is 0.200. The number of ether oxygens (including phenoxy) is 1. The molecular formula is C15H13BrClFOS. The molecular weight excluding hydrogens is 363 g/mol. The summed E-state index contributed by atoms with van der Waals surface area (Å²) in [6.07, 6.45) is 0. The lowest BCUT2D eigenvalue weighted by atomic mass is 10.0. The summed E-state index contributed by atoms with van der Waals surface area (Å²) >= 11 is 13.4. The maximum Gasteiger partial charge on any atom is 0.145 e. The highest BCUT2D eigenvalue weighted by atomic mass is 79.9. The van der Waals surface area contributed by atoms with Crippen LogP contribution in [-0.2, 0) is 0 Å². The molecule has 5 heteroatoms. The van der Waals surface area contributed by atoms with E-state index in [2.05, 4.69) is 28.6 Å². The van der Waals surface area contributed by atoms with E-state index in [4.69, 9.17) is 16.3 Å². The molecule has 0 fully saturated rings. The van der Waals surface area contributed by atoms with Gasteiger partial charge in [-0.15, -0.1) is 0 Å². The highest BCUT2D eigenvalue weighted by Gasteiger charge is 2.13. The minimum Gasteiger partial charge on any atom is -0.492 e. The molecule has 1 unspecified atom stereocenters. The molecule has 0 heterocycles. The third-order valence-corrected chi connectivity index (χ3v) is 4.26. The number of rotatable bonds is 5. The van der Waals surface area contributed by atoms with Crippen LogP contribution in [0.1, 0.15) is 11.5 Å². The molecule has 0 aliphatic rings. The number of hydrogen-bond donors (Lipinski definition) is 1. The van der Waals surface area contributed by atoms with Crippen molar-refractivity contribution in [1.29, 1.82) is 0 Å². The van der Waals surface area contributed by atoms with E-state index in [1.54, 1.807) is 0 Å². The second-order valence-electron chi connectivity index (χ2n) is 4.30. The van der Waals surface area contributed by atoms with Gasteiger partial charge in [-0.25, -0.2) is 4.39 Å². The Labute approximate surface area is 136 Å². The molecule has 0 amide bonds. The second-order valence-corrected chi connectivity index (χ2v) is 5.92. The molecule has 0 radical (unpaired) electrons. The number of thiol groups is 1. The Balaban J connectivity index is 2.09. The molecule has 2 aromatic carbocycles. The molecule has 0 bridgehead atoms. The molecule has 1 nitrogen and oxygen atoms in total. The zero-order valence-electron chi connectivity index (χ0n) is 10.5. The standard InChI is InChI=1S/C15H13BrClFOS/c16-12-6-13(17)14(18)7-15(12)19-8-11(9-20)10-4-2-1-3-5-10/h1-7,11,20H,8-9H2. The first-order valence-electron chi connectivity index (χ1n) is 6.05. The summed E-state index contributed by atoms with van der Waals surface area (Å²) in [4.78, 5) is 0. The van der Waals surface area contributed by atoms with Crippen molar-refractivity contribution >= 4 is 40.2 Å². The van der Waals surface area contributed by atoms with Gasteiger partial charge in [0.2, 0.25) is 0 Å². The van der Waals surface area contributed by atoms with Crippen LogP contribution < -0.4 is 4.74 Å². The Morgan fingerprint density at radius 3 is 2.60 bits per heavy atom. The van der Waals surface area contributed by atoms with Gasteiger partial charge < -0.3 is 4.74 Å². The first-order valence-corrected chi connectivity index (χ1v) is 7.85. The average Bonchev–Trinajstić information content (AvgIpc) is 2.46. The van der Waals surface area contributed by atoms with Gasteiger partial charge in [-0.3, -0.25) is 0 Å². The largest absolute Gasteiger partial charge is 0.492 e. The lowest BCUT2D eigenvalue weighted by Gasteiger charge is -2.17. The van der Waals surface area contributed by atoms with E-state index in [-0.39, 0.29) is 10.9 Å². The Morgan fingerprint density at radius 1 is 1.25 bits per heavy atom. The van der Waals surface area contributed by atoms with Crippen LogP contribution in [0.2, 0.25) is 5.02 Å². The highest BCUT2D eigenvalue weighted by Crippen LogP contribution is 2.31. The predicted molar refractivity (Wildman–Crippen MR) is 87.6 cm³/mol. The Bertz CT molecular complexity index is 580. The molecule has 0 saturated carbocycles. The molecule has 0 aliphatic carbocycles. The van der Waals surface area contributed by atoms with Crippen LogP contribution in [-0.4, -0.2) is 12.4 Å². The number of halogens is 3. The quantitative estimate of drug-likeness (QED) is 0.548. The summed E-state index contributed by atoms with van der Waals surface area (Å²) in [5.74, 6) is 0.740. The van der Waals surface area contributed by atoms with Crippen LogP contribution in [0.3, 0.4) is 0 Å². The van der Waals surface area contributed by atoms with Crippen LogP contribution in [0.5, 0.6) is 5.75 Å². The average molecular weight is 376 g/mol. The van der Waals surface area contributed by atoms with Crippen molar-refractivity contribution in [3.63, 3.8) is 0 Å². The van der Waals surface area contributed by atoms with Gasteiger partial charge in [0.1, 0.15) is 11.6 Å². The van der Waals surface area contributed by atoms with Crippen molar-refractivity contribution in [2.75, 3.05) is 12.4 Å². The van der Waals surface area contributed by atoms with Gasteiger partial charge in [-0.1, -0.05) is 41.9 Å². The van der Waals surface area contributed by atoms with Crippen molar-refractivity contribution in [1.82, 2.24) is 0 Å². The van der Waals surface area contributed by atoms with Gasteiger partial charge in [0, 0.05) is 17.7 Å². The van der Waals surface area contributed by atoms with Crippen LogP contribution in [0.4, 0.5) is 4.39 Å². The number of benzene rings is 2. The van der Waals surface area contributed by atoms with Crippen molar-refractivity contribution < 1.29 is 9.13 Å². The molecule has 0 saturated heterocycles. The fourth-order valence-electron chi connectivity index (χ4n) is 1.78. The molecule has 0 aromatic heterocycles. The molecule has 2 aromatic rings. The number of hydrogen-bond acceptors (Lipinski definition) is 2. The Morgan fingerprint density at radius 2 is 1.95 bits per heavy atom. The Kier molecular flexibility index (Phi) is 5.75. The minimum absolute atomic E-state index is 0.0676. The first-order chi connectivity index (χ1) is 9.61. The zero-order valence-corrected chi connectivity index (χ0v) is 13.8. The van der Waals surface area contributed by atoms with Crippen LogP contribution in [0.15, 0.2) is 46.9 Å². The van der Waals surface area contributed by atoms with E-state index in [9.17, 15) is 4.39 Å². The van der Waals surface area contributed by atoms with Crippen LogP contribution in [0.25, 0.3) is 0 Å². The molecule has 2 rings (SSSR count). The van der Waals surface area contributed by atoms with Gasteiger partial charge in [-0.2, -0.15) is 12.6 Å². The van der Waals surface area contributed by atoms with Crippen LogP contribution >= 0.6 is 40.2 Å². The van der Waals surface area contributed by atoms with Crippen molar-refractivity contribution in [2.24, 2.45) is 0 Å². The van der Waals surface area contributed by atoms with Gasteiger partial charge >= 0.3 is 0 Å². The second kappa shape index (κ2) is 7.34. The summed E-state index contributed by atoms with van der Waals surface area (Å²) in [5.41, 5.74) is 1.15. The topological polar surface area (TPSA) is 9.23 Å². The molecule has 0 N–H and O–H groups in total. The summed E-state index contributed by atoms with van der Waals surface area (Å²) in [6.45, 7) is 0.424. The van der Waals surface area contributed by atoms with E-state index in [0.29, 0.717) is 22.6 Å². The molecule has 1 atom stereocenters. The van der Waals surface area contributed by atoms with E-state index in [1.807, 2.05) is 30.3 Å². The molecule has 106 valence electrons. The monoisotopic (exact) mass is 374 g/mol. The third kappa shape index (κ3) is 3.90. The lowest BCUT2D eigenvalue weighted by Crippen LogP contribution is -2.12. The SMILES string of the molecule is Fc1cc(OCC(CS)c2ccccc2)c(Br)cc1Cl. The van der Waals surface area contributed by atoms with Gasteiger partial charge in [0.15, 0.2) is 0 Å². The van der Waals surface area contributed by atoms with E-state index in [1.165, 1.54) is 12.1 Å². The van der Waals surface area contributed by atoms with Gasteiger partial charge in [0.05, 0.1) is 16.1 Å². The summed E-state index contributed by atoms with van der Waals surface area (Å²) in [6, 6.07) is 12.7. The van der Waals surface area contributed by atoms with Gasteiger partial charge in [-0.05, 0) is 27.6 Å². The highest BCUT2D eigenvalue weighted by molar-refractivity contribution is 9.10. The normalized spacial score (nSPS) is 12.2. The third-order valence-electron chi connectivity index (χ3n) is 2.91. The lowest BCUT2D eigenvalue weighted by molar-refractivity contribution is 0.294. The van der Waals surface area contributed by atoms with Crippen LogP contribution in [0, 0.1) is 5.82 Å². The van der Waals surface area contributed by atoms with Crippen molar-refractivity contribution in [2.45, 2.75) is 5.92 Å². The first kappa shape index (κ1) is 15.7. The Hall–Kier alpha value is -0.710. The van der Waals surface area contributed by atoms with Crippen molar-refractivity contribution in [3.05, 3.63) is 63.3 Å². The summed E-state index contributed by atoms with van der Waals surface area (Å²) in [7, 11) is 0. The summed E-state index contributed by atoms with van der Waals surface area (Å²) < 4.78 is 19.8. The maximum absolute atomic E-state index is 13.4. The maximum atomic E-state index is 13.4. The van der Waals surface area contributed by atoms with E-state index < -0.39 is 5.82 Å². The zero-order chi connectivity index (χ0) is 14.5. The molecule has 0 spiro atoms. The fourth-order valence-corrected chi connectivity index (χ4v) is 2.85. The summed E-state index contributed by atoms with van der Waals surface area (Å²) in [5, 5.41) is 0.0676.